The first kappa shape index (κ1) is 34.4. The number of phenols is 2. The molecule has 0 aromatic heterocycles. The van der Waals surface area contributed by atoms with Crippen molar-refractivity contribution in [3.05, 3.63) is 123 Å². The lowest BCUT2D eigenvalue weighted by Crippen LogP contribution is -2.53. The number of imide groups is 2. The van der Waals surface area contributed by atoms with Crippen LogP contribution in [0.4, 0.5) is 11.4 Å². The van der Waals surface area contributed by atoms with Crippen LogP contribution in [-0.4, -0.2) is 52.0 Å². The minimum atomic E-state index is -1.58. The maximum absolute atomic E-state index is 15.4. The summed E-state index contributed by atoms with van der Waals surface area (Å²) in [6, 6.07) is 22.0. The van der Waals surface area contributed by atoms with Gasteiger partial charge in [0.1, 0.15) is 11.3 Å². The number of amides is 4. The Labute approximate surface area is 312 Å². The molecule has 13 heteroatoms. The van der Waals surface area contributed by atoms with Gasteiger partial charge in [-0.1, -0.05) is 71.2 Å². The van der Waals surface area contributed by atoms with Crippen molar-refractivity contribution in [3.63, 3.8) is 0 Å². The van der Waals surface area contributed by atoms with Crippen LogP contribution in [0.15, 0.2) is 96.6 Å². The zero-order chi connectivity index (χ0) is 37.5. The lowest BCUT2D eigenvalue weighted by Gasteiger charge is -2.50. The maximum Gasteiger partial charge on any atom is 0.339 e. The number of phenolic OH excluding ortho intramolecular Hbond substituents is 1. The molecule has 11 nitrogen and oxygen atoms in total. The quantitative estimate of drug-likeness (QED) is 0.148. The van der Waals surface area contributed by atoms with Crippen molar-refractivity contribution in [1.82, 2.24) is 0 Å². The topological polar surface area (TPSA) is 162 Å². The summed E-state index contributed by atoms with van der Waals surface area (Å²) in [5, 5.41) is 30.9. The van der Waals surface area contributed by atoms with Crippen molar-refractivity contribution >= 4 is 64.2 Å². The SMILES string of the molecule is COc1cc(C2C3=CCC4C(=O)N(c5ccc(C(=O)O)c(O)c5)C(=O)C4C3CC3C(=O)N(c4cccc(Cl)c4)C(=O)C32c2ccccc2)cc(Cl)c1O. The molecule has 4 amide bonds. The van der Waals surface area contributed by atoms with Gasteiger partial charge in [-0.15, -0.1) is 0 Å². The standard InChI is InChI=1S/C40H30Cl2N2O9/c1-53-31-15-19(14-29(42)34(31)46)33-24-12-13-26-32(37(49)43(35(26)47)23-10-11-25(38(50)51)30(45)17-23)27(24)18-28-36(48)44(22-9-5-8-21(41)16-22)39(52)40(28,33)20-6-3-2-4-7-20/h2-12,14-17,26-28,32-33,45-46H,13,18H2,1H3,(H,50,51). The molecule has 4 aliphatic rings. The first-order chi connectivity index (χ1) is 25.4. The number of anilines is 2. The van der Waals surface area contributed by atoms with Crippen molar-refractivity contribution < 1.29 is 44.0 Å². The number of ether oxygens (including phenoxy) is 1. The molecule has 2 aliphatic heterocycles. The molecule has 2 aliphatic carbocycles. The van der Waals surface area contributed by atoms with Gasteiger partial charge in [0.05, 0.1) is 46.7 Å². The zero-order valence-corrected chi connectivity index (χ0v) is 29.4. The molecule has 3 fully saturated rings. The highest BCUT2D eigenvalue weighted by molar-refractivity contribution is 6.33. The van der Waals surface area contributed by atoms with Gasteiger partial charge in [-0.3, -0.25) is 19.2 Å². The predicted molar refractivity (Wildman–Crippen MR) is 193 cm³/mol. The minimum Gasteiger partial charge on any atom is -0.507 e. The second kappa shape index (κ2) is 12.5. The number of fused-ring (bicyclic) bond motifs is 4. The van der Waals surface area contributed by atoms with E-state index in [1.54, 1.807) is 54.6 Å². The van der Waals surface area contributed by atoms with Crippen LogP contribution >= 0.6 is 23.2 Å². The monoisotopic (exact) mass is 752 g/mol. The van der Waals surface area contributed by atoms with Crippen LogP contribution in [-0.2, 0) is 24.6 Å². The molecule has 6 atom stereocenters. The Morgan fingerprint density at radius 3 is 2.25 bits per heavy atom. The maximum atomic E-state index is 15.4. The number of allylic oxidation sites excluding steroid dienone is 2. The number of methoxy groups -OCH3 is 1. The molecule has 8 rings (SSSR count). The highest BCUT2D eigenvalue weighted by atomic mass is 35.5. The number of benzene rings is 4. The molecule has 0 radical (unpaired) electrons. The molecule has 1 saturated carbocycles. The number of nitrogens with zero attached hydrogens (tertiary/aromatic N) is 2. The number of carbonyl (C=O) groups is 5. The minimum absolute atomic E-state index is 0.0127. The van der Waals surface area contributed by atoms with E-state index in [-0.39, 0.29) is 40.7 Å². The molecule has 53 heavy (non-hydrogen) atoms. The van der Waals surface area contributed by atoms with E-state index >= 15 is 4.79 Å². The number of carboxylic acid groups (broad SMARTS) is 1. The van der Waals surface area contributed by atoms with E-state index in [4.69, 9.17) is 27.9 Å². The van der Waals surface area contributed by atoms with Gasteiger partial charge < -0.3 is 20.1 Å². The van der Waals surface area contributed by atoms with Crippen molar-refractivity contribution in [2.75, 3.05) is 16.9 Å². The highest BCUT2D eigenvalue weighted by Crippen LogP contribution is 2.65. The third kappa shape index (κ3) is 4.90. The molecular formula is C40H30Cl2N2O9. The van der Waals surface area contributed by atoms with Crippen molar-refractivity contribution in [3.8, 4) is 17.2 Å². The van der Waals surface area contributed by atoms with Crippen molar-refractivity contribution in [2.24, 2.45) is 23.7 Å². The van der Waals surface area contributed by atoms with Gasteiger partial charge >= 0.3 is 5.97 Å². The lowest BCUT2D eigenvalue weighted by atomic mass is 9.49. The molecule has 0 spiro atoms. The fraction of sp³-hybridized carbons (Fsp3) is 0.225. The molecule has 3 N–H and O–H groups in total. The van der Waals surface area contributed by atoms with Gasteiger partial charge in [0.25, 0.3) is 0 Å². The summed E-state index contributed by atoms with van der Waals surface area (Å²) in [5.41, 5.74) is -0.0367. The third-order valence-electron chi connectivity index (χ3n) is 11.2. The number of hydrogen-bond donors (Lipinski definition) is 3. The van der Waals surface area contributed by atoms with E-state index in [1.807, 2.05) is 6.08 Å². The molecule has 4 aromatic carbocycles. The Morgan fingerprint density at radius 2 is 1.57 bits per heavy atom. The second-order valence-electron chi connectivity index (χ2n) is 13.7. The first-order valence-corrected chi connectivity index (χ1v) is 17.6. The summed E-state index contributed by atoms with van der Waals surface area (Å²) in [5.74, 6) is -8.88. The Hall–Kier alpha value is -5.65. The molecule has 0 bridgehead atoms. The summed E-state index contributed by atoms with van der Waals surface area (Å²) >= 11 is 13.0. The summed E-state index contributed by atoms with van der Waals surface area (Å²) in [4.78, 5) is 72.5. The van der Waals surface area contributed by atoms with Crippen molar-refractivity contribution in [1.29, 1.82) is 0 Å². The number of carboxylic acids is 1. The van der Waals surface area contributed by atoms with E-state index in [0.29, 0.717) is 21.7 Å². The predicted octanol–water partition coefficient (Wildman–Crippen LogP) is 6.48. The number of hydrogen-bond acceptors (Lipinski definition) is 8. The summed E-state index contributed by atoms with van der Waals surface area (Å²) < 4.78 is 5.50. The zero-order valence-electron chi connectivity index (χ0n) is 27.9. The van der Waals surface area contributed by atoms with Crippen LogP contribution in [0.5, 0.6) is 17.2 Å². The largest absolute Gasteiger partial charge is 0.507 e. The Balaban J connectivity index is 1.35. The van der Waals surface area contributed by atoms with Crippen molar-refractivity contribution in [2.45, 2.75) is 24.2 Å². The number of carbonyl (C=O) groups excluding carboxylic acids is 4. The molecule has 4 aromatic rings. The number of halogens is 2. The van der Waals surface area contributed by atoms with Crippen LogP contribution < -0.4 is 14.5 Å². The van der Waals surface area contributed by atoms with Crippen LogP contribution in [0.25, 0.3) is 0 Å². The van der Waals surface area contributed by atoms with Gasteiger partial charge in [0.2, 0.25) is 23.6 Å². The van der Waals surface area contributed by atoms with Gasteiger partial charge in [-0.25, -0.2) is 14.6 Å². The van der Waals surface area contributed by atoms with E-state index in [1.165, 1.54) is 25.3 Å². The molecule has 2 heterocycles. The summed E-state index contributed by atoms with van der Waals surface area (Å²) in [6.07, 6.45) is 2.01. The Kier molecular flexibility index (Phi) is 8.12. The van der Waals surface area contributed by atoms with Gasteiger partial charge in [-0.2, -0.15) is 0 Å². The summed E-state index contributed by atoms with van der Waals surface area (Å²) in [7, 11) is 1.36. The van der Waals surface area contributed by atoms with E-state index in [2.05, 4.69) is 0 Å². The highest BCUT2D eigenvalue weighted by Gasteiger charge is 2.70. The Bertz CT molecular complexity index is 2310. The fourth-order valence-electron chi connectivity index (χ4n) is 9.13. The average molecular weight is 754 g/mol. The van der Waals surface area contributed by atoms with Gasteiger partial charge in [-0.05, 0) is 72.4 Å². The number of aromatic hydroxyl groups is 2. The number of rotatable bonds is 6. The van der Waals surface area contributed by atoms with Crippen LogP contribution in [0.3, 0.4) is 0 Å². The van der Waals surface area contributed by atoms with Crippen LogP contribution in [0, 0.1) is 23.7 Å². The fourth-order valence-corrected chi connectivity index (χ4v) is 9.53. The van der Waals surface area contributed by atoms with E-state index < -0.39 is 75.9 Å². The van der Waals surface area contributed by atoms with E-state index in [0.717, 1.165) is 21.9 Å². The van der Waals surface area contributed by atoms with Gasteiger partial charge in [0, 0.05) is 17.0 Å². The molecule has 268 valence electrons. The normalized spacial score (nSPS) is 26.2. The summed E-state index contributed by atoms with van der Waals surface area (Å²) in [6.45, 7) is 0. The second-order valence-corrected chi connectivity index (χ2v) is 14.5. The lowest BCUT2D eigenvalue weighted by molar-refractivity contribution is -0.127. The third-order valence-corrected chi connectivity index (χ3v) is 11.8. The Morgan fingerprint density at radius 1 is 0.830 bits per heavy atom. The van der Waals surface area contributed by atoms with Crippen LogP contribution in [0.2, 0.25) is 10.0 Å². The smallest absolute Gasteiger partial charge is 0.339 e. The molecule has 6 unspecified atom stereocenters. The number of aromatic carboxylic acids is 1. The average Bonchev–Trinajstić information content (AvgIpc) is 3.53. The first-order valence-electron chi connectivity index (χ1n) is 16.8. The molecular weight excluding hydrogens is 723 g/mol. The molecule has 2 saturated heterocycles. The van der Waals surface area contributed by atoms with E-state index in [9.17, 15) is 34.5 Å². The van der Waals surface area contributed by atoms with Gasteiger partial charge in [0.15, 0.2) is 11.5 Å². The van der Waals surface area contributed by atoms with Crippen LogP contribution in [0.1, 0.15) is 40.2 Å².